The van der Waals surface area contributed by atoms with E-state index >= 15 is 0 Å². The largest absolute Gasteiger partial charge is 0.479 e. The number of nitrogens with zero attached hydrogens (tertiary/aromatic N) is 1. The summed E-state index contributed by atoms with van der Waals surface area (Å²) in [6, 6.07) is 11.2. The highest BCUT2D eigenvalue weighted by molar-refractivity contribution is 6.32. The van der Waals surface area contributed by atoms with E-state index in [-0.39, 0.29) is 11.6 Å². The molecule has 1 N–H and O–H groups in total. The van der Waals surface area contributed by atoms with Gasteiger partial charge in [-0.25, -0.2) is 0 Å². The molecule has 0 aliphatic carbocycles. The summed E-state index contributed by atoms with van der Waals surface area (Å²) in [5, 5.41) is 14.0. The number of non-ortho nitro benzene ring substituents is 1. The summed E-state index contributed by atoms with van der Waals surface area (Å²) in [5.41, 5.74) is 1.02. The van der Waals surface area contributed by atoms with Crippen molar-refractivity contribution in [2.75, 3.05) is 5.32 Å². The van der Waals surface area contributed by atoms with Crippen LogP contribution in [0.4, 0.5) is 11.4 Å². The predicted molar refractivity (Wildman–Crippen MR) is 92.6 cm³/mol. The molecule has 2 aromatic carbocycles. The summed E-state index contributed by atoms with van der Waals surface area (Å²) in [7, 11) is 0. The monoisotopic (exact) mass is 348 g/mol. The summed E-state index contributed by atoms with van der Waals surface area (Å²) in [6.45, 7) is 3.57. The number of carbonyl (C=O) groups is 1. The Morgan fingerprint density at radius 3 is 2.67 bits per heavy atom. The second-order valence-electron chi connectivity index (χ2n) is 5.19. The maximum Gasteiger partial charge on any atom is 0.271 e. The fourth-order valence-electron chi connectivity index (χ4n) is 2.09. The quantitative estimate of drug-likeness (QED) is 0.621. The molecule has 2 aromatic rings. The average Bonchev–Trinajstić information content (AvgIpc) is 2.55. The first-order chi connectivity index (χ1) is 11.4. The van der Waals surface area contributed by atoms with Gasteiger partial charge < -0.3 is 10.1 Å². The number of carbonyl (C=O) groups excluding carboxylic acids is 1. The number of hydrogen-bond acceptors (Lipinski definition) is 4. The van der Waals surface area contributed by atoms with E-state index in [2.05, 4.69) is 5.32 Å². The molecule has 1 amide bonds. The van der Waals surface area contributed by atoms with Gasteiger partial charge >= 0.3 is 0 Å². The van der Waals surface area contributed by atoms with Crippen LogP contribution in [0.25, 0.3) is 0 Å². The molecule has 126 valence electrons. The molecule has 0 unspecified atom stereocenters. The highest BCUT2D eigenvalue weighted by Gasteiger charge is 2.21. The minimum Gasteiger partial charge on any atom is -0.479 e. The van der Waals surface area contributed by atoms with E-state index in [0.29, 0.717) is 22.9 Å². The normalized spacial score (nSPS) is 11.6. The van der Waals surface area contributed by atoms with Crippen LogP contribution in [0, 0.1) is 17.0 Å². The van der Waals surface area contributed by atoms with Crippen LogP contribution in [-0.2, 0) is 4.79 Å². The first-order valence-corrected chi connectivity index (χ1v) is 7.77. The number of nitrogens with one attached hydrogen (secondary N) is 1. The second-order valence-corrected chi connectivity index (χ2v) is 5.60. The van der Waals surface area contributed by atoms with Gasteiger partial charge in [0.2, 0.25) is 0 Å². The molecule has 0 bridgehead atoms. The van der Waals surface area contributed by atoms with Crippen molar-refractivity contribution in [3.05, 3.63) is 63.2 Å². The average molecular weight is 349 g/mol. The van der Waals surface area contributed by atoms with Gasteiger partial charge in [-0.1, -0.05) is 36.7 Å². The number of benzene rings is 2. The predicted octanol–water partition coefficient (Wildman–Crippen LogP) is 4.35. The Kier molecular flexibility index (Phi) is 5.76. The lowest BCUT2D eigenvalue weighted by atomic mass is 10.1. The maximum atomic E-state index is 12.4. The number of amides is 1. The van der Waals surface area contributed by atoms with Gasteiger partial charge in [0.25, 0.3) is 11.6 Å². The highest BCUT2D eigenvalue weighted by Crippen LogP contribution is 2.26. The fourth-order valence-corrected chi connectivity index (χ4v) is 2.27. The zero-order chi connectivity index (χ0) is 17.7. The van der Waals surface area contributed by atoms with Crippen molar-refractivity contribution < 1.29 is 14.5 Å². The number of nitro groups is 1. The highest BCUT2D eigenvalue weighted by atomic mass is 35.5. The van der Waals surface area contributed by atoms with Crippen LogP contribution < -0.4 is 10.1 Å². The van der Waals surface area contributed by atoms with Gasteiger partial charge in [0.05, 0.1) is 15.6 Å². The van der Waals surface area contributed by atoms with E-state index in [4.69, 9.17) is 16.3 Å². The standard InChI is InChI=1S/C17H17ClN2O4/c1-3-15(24-16-7-5-4-6-13(16)18)17(21)19-14-10-12(20(22)23)9-8-11(14)2/h4-10,15H,3H2,1-2H3,(H,19,21)/t15-/m0/s1. The molecule has 0 saturated carbocycles. The summed E-state index contributed by atoms with van der Waals surface area (Å²) in [4.78, 5) is 22.8. The van der Waals surface area contributed by atoms with Crippen LogP contribution in [0.15, 0.2) is 42.5 Å². The van der Waals surface area contributed by atoms with Crippen molar-refractivity contribution in [3.8, 4) is 5.75 Å². The Labute approximate surface area is 144 Å². The molecular formula is C17H17ClN2O4. The summed E-state index contributed by atoms with van der Waals surface area (Å²) in [6.07, 6.45) is -0.339. The molecule has 0 aliphatic rings. The van der Waals surface area contributed by atoms with Gasteiger partial charge in [0, 0.05) is 12.1 Å². The van der Waals surface area contributed by atoms with Crippen molar-refractivity contribution in [3.63, 3.8) is 0 Å². The molecule has 0 saturated heterocycles. The van der Waals surface area contributed by atoms with Crippen molar-refractivity contribution in [2.45, 2.75) is 26.4 Å². The number of anilines is 1. The molecule has 7 heteroatoms. The summed E-state index contributed by atoms with van der Waals surface area (Å²) in [5.74, 6) is 0.0259. The topological polar surface area (TPSA) is 81.5 Å². The van der Waals surface area contributed by atoms with Crippen LogP contribution >= 0.6 is 11.6 Å². The van der Waals surface area contributed by atoms with Crippen LogP contribution in [-0.4, -0.2) is 16.9 Å². The SMILES string of the molecule is CC[C@H](Oc1ccccc1Cl)C(=O)Nc1cc([N+](=O)[O-])ccc1C. The lowest BCUT2D eigenvalue weighted by Crippen LogP contribution is -2.32. The van der Waals surface area contributed by atoms with Crippen molar-refractivity contribution in [1.29, 1.82) is 0 Å². The zero-order valence-electron chi connectivity index (χ0n) is 13.3. The number of aryl methyl sites for hydroxylation is 1. The maximum absolute atomic E-state index is 12.4. The van der Waals surface area contributed by atoms with Gasteiger partial charge in [-0.2, -0.15) is 0 Å². The van der Waals surface area contributed by atoms with Crippen LogP contribution in [0.3, 0.4) is 0 Å². The van der Waals surface area contributed by atoms with Gasteiger partial charge in [-0.3, -0.25) is 14.9 Å². The Hall–Kier alpha value is -2.60. The van der Waals surface area contributed by atoms with Crippen LogP contribution in [0.2, 0.25) is 5.02 Å². The van der Waals surface area contributed by atoms with Gasteiger partial charge in [0.1, 0.15) is 5.75 Å². The molecular weight excluding hydrogens is 332 g/mol. The van der Waals surface area contributed by atoms with E-state index in [9.17, 15) is 14.9 Å². The third-order valence-corrected chi connectivity index (χ3v) is 3.77. The molecule has 1 atom stereocenters. The van der Waals surface area contributed by atoms with Crippen molar-refractivity contribution in [1.82, 2.24) is 0 Å². The van der Waals surface area contributed by atoms with E-state index in [0.717, 1.165) is 5.56 Å². The number of rotatable bonds is 6. The number of hydrogen-bond donors (Lipinski definition) is 1. The minimum atomic E-state index is -0.761. The number of nitro benzene ring substituents is 1. The third-order valence-electron chi connectivity index (χ3n) is 3.46. The third kappa shape index (κ3) is 4.23. The van der Waals surface area contributed by atoms with E-state index in [1.807, 2.05) is 0 Å². The number of para-hydroxylation sites is 1. The van der Waals surface area contributed by atoms with E-state index < -0.39 is 11.0 Å². The van der Waals surface area contributed by atoms with Gasteiger partial charge in [-0.05, 0) is 31.0 Å². The molecule has 24 heavy (non-hydrogen) atoms. The first kappa shape index (κ1) is 17.7. The first-order valence-electron chi connectivity index (χ1n) is 7.39. The van der Waals surface area contributed by atoms with Gasteiger partial charge in [-0.15, -0.1) is 0 Å². The van der Waals surface area contributed by atoms with Gasteiger partial charge in [0.15, 0.2) is 6.10 Å². The molecule has 0 heterocycles. The van der Waals surface area contributed by atoms with E-state index in [1.165, 1.54) is 12.1 Å². The smallest absolute Gasteiger partial charge is 0.271 e. The molecule has 6 nitrogen and oxygen atoms in total. The molecule has 0 aromatic heterocycles. The molecule has 0 aliphatic heterocycles. The van der Waals surface area contributed by atoms with Crippen molar-refractivity contribution in [2.24, 2.45) is 0 Å². The Balaban J connectivity index is 2.16. The fraction of sp³-hybridized carbons (Fsp3) is 0.235. The zero-order valence-corrected chi connectivity index (χ0v) is 14.0. The minimum absolute atomic E-state index is 0.0871. The summed E-state index contributed by atoms with van der Waals surface area (Å²) < 4.78 is 5.67. The molecule has 0 radical (unpaired) electrons. The number of halogens is 1. The van der Waals surface area contributed by atoms with Crippen LogP contribution in [0.5, 0.6) is 5.75 Å². The molecule has 2 rings (SSSR count). The lowest BCUT2D eigenvalue weighted by Gasteiger charge is -2.18. The van der Waals surface area contributed by atoms with Crippen molar-refractivity contribution >= 4 is 28.9 Å². The summed E-state index contributed by atoms with van der Waals surface area (Å²) >= 11 is 6.04. The lowest BCUT2D eigenvalue weighted by molar-refractivity contribution is -0.384. The molecule has 0 spiro atoms. The van der Waals surface area contributed by atoms with E-state index in [1.54, 1.807) is 44.2 Å². The van der Waals surface area contributed by atoms with Crippen LogP contribution in [0.1, 0.15) is 18.9 Å². The Morgan fingerprint density at radius 1 is 1.33 bits per heavy atom. The Bertz CT molecular complexity index is 764. The number of ether oxygens (including phenoxy) is 1. The second kappa shape index (κ2) is 7.79. The Morgan fingerprint density at radius 2 is 2.04 bits per heavy atom. The molecule has 0 fully saturated rings.